The van der Waals surface area contributed by atoms with Crippen LogP contribution in [0.1, 0.15) is 0 Å². The first kappa shape index (κ1) is 29.5. The molecule has 0 rings (SSSR count). The summed E-state index contributed by atoms with van der Waals surface area (Å²) in [5, 5.41) is 97.3. The zero-order chi connectivity index (χ0) is 19.2. The molecule has 0 saturated heterocycles. The van der Waals surface area contributed by atoms with E-state index in [-0.39, 0.29) is 0 Å². The van der Waals surface area contributed by atoms with Crippen molar-refractivity contribution < 1.29 is 61.0 Å². The van der Waals surface area contributed by atoms with Gasteiger partial charge in [0.2, 0.25) is 0 Å². The van der Waals surface area contributed by atoms with Gasteiger partial charge in [-0.15, -0.1) is 0 Å². The Balaban J connectivity index is -0.0000000994. The van der Waals surface area contributed by atoms with E-state index in [4.69, 9.17) is 61.0 Å². The topological polar surface area (TPSA) is 279 Å². The van der Waals surface area contributed by atoms with Crippen LogP contribution < -0.4 is 16.0 Å². The van der Waals surface area contributed by atoms with Gasteiger partial charge in [-0.3, -0.25) is 0 Å². The summed E-state index contributed by atoms with van der Waals surface area (Å²) in [5.74, 6) is 0. The van der Waals surface area contributed by atoms with Crippen molar-refractivity contribution >= 4 is 7.32 Å². The molecule has 0 unspecified atom stereocenters. The highest BCUT2D eigenvalue weighted by atomic mass is 16.7. The molecule has 0 spiro atoms. The van der Waals surface area contributed by atoms with Gasteiger partial charge in [0.05, 0.1) is 0 Å². The first-order valence-corrected chi connectivity index (χ1v) is 5.04. The maximum Gasteiger partial charge on any atom is 0.631 e. The van der Waals surface area contributed by atoms with Crippen LogP contribution >= 0.6 is 0 Å². The van der Waals surface area contributed by atoms with E-state index in [1.54, 1.807) is 16.0 Å². The van der Waals surface area contributed by atoms with Crippen molar-refractivity contribution in [1.82, 2.24) is 16.0 Å². The minimum absolute atomic E-state index is 1.21. The molecule has 0 aliphatic carbocycles. The van der Waals surface area contributed by atoms with Crippen molar-refractivity contribution in [2.45, 2.75) is 18.3 Å². The van der Waals surface area contributed by atoms with Gasteiger partial charge < -0.3 is 61.0 Å². The second kappa shape index (κ2) is 14.1. The number of rotatable bonds is 3. The van der Waals surface area contributed by atoms with Crippen LogP contribution in [0.4, 0.5) is 0 Å². The van der Waals surface area contributed by atoms with E-state index in [1.165, 1.54) is 21.1 Å². The first-order chi connectivity index (χ1) is 9.41. The highest BCUT2D eigenvalue weighted by Crippen LogP contribution is 1.78. The van der Waals surface area contributed by atoms with Gasteiger partial charge in [-0.05, 0) is 21.1 Å². The Morgan fingerprint density at radius 1 is 0.500 bits per heavy atom. The van der Waals surface area contributed by atoms with Gasteiger partial charge in [-0.25, -0.2) is 16.0 Å². The Bertz CT molecular complexity index is 188. The van der Waals surface area contributed by atoms with E-state index >= 15 is 0 Å². The maximum absolute atomic E-state index is 7.83. The summed E-state index contributed by atoms with van der Waals surface area (Å²) in [5.41, 5.74) is 0. The quantitative estimate of drug-likeness (QED) is 0.167. The average molecular weight is 341 g/mol. The standard InChI is InChI=1S/3C2H7NO3.BH3O3/c3*1-3-2(4,5)6;2-1(3)4/h3*3-6H,1H3;2-4H. The van der Waals surface area contributed by atoms with Crippen LogP contribution in [0.15, 0.2) is 0 Å². The lowest BCUT2D eigenvalue weighted by Crippen LogP contribution is -2.41. The van der Waals surface area contributed by atoms with Crippen molar-refractivity contribution in [2.24, 2.45) is 0 Å². The Labute approximate surface area is 125 Å². The van der Waals surface area contributed by atoms with E-state index in [2.05, 4.69) is 0 Å². The van der Waals surface area contributed by atoms with Gasteiger partial charge >= 0.3 is 25.6 Å². The molecule has 0 aliphatic rings. The average Bonchev–Trinajstić information content (AvgIpc) is 2.27. The molecule has 0 aromatic heterocycles. The lowest BCUT2D eigenvalue weighted by atomic mass is 10.3. The first-order valence-electron chi connectivity index (χ1n) is 5.04. The van der Waals surface area contributed by atoms with Crippen molar-refractivity contribution in [1.29, 1.82) is 0 Å². The number of hydrogen-bond acceptors (Lipinski definition) is 15. The summed E-state index contributed by atoms with van der Waals surface area (Å²) in [6, 6.07) is 0. The van der Waals surface area contributed by atoms with Crippen LogP contribution in [0, 0.1) is 0 Å². The molecular weight excluding hydrogens is 317 g/mol. The van der Waals surface area contributed by atoms with Gasteiger partial charge in [0.25, 0.3) is 0 Å². The zero-order valence-corrected chi connectivity index (χ0v) is 11.9. The van der Waals surface area contributed by atoms with Gasteiger partial charge in [0.1, 0.15) is 0 Å². The Morgan fingerprint density at radius 2 is 0.545 bits per heavy atom. The molecule has 0 atom stereocenters. The fourth-order valence-corrected chi connectivity index (χ4v) is 0. The molecule has 15 nitrogen and oxygen atoms in total. The van der Waals surface area contributed by atoms with Crippen LogP contribution in [0.3, 0.4) is 0 Å². The lowest BCUT2D eigenvalue weighted by molar-refractivity contribution is -0.329. The van der Waals surface area contributed by atoms with E-state index in [1.807, 2.05) is 0 Å². The molecule has 22 heavy (non-hydrogen) atoms. The Morgan fingerprint density at radius 3 is 0.545 bits per heavy atom. The summed E-state index contributed by atoms with van der Waals surface area (Å²) in [6.45, 7) is 0. The minimum atomic E-state index is -2.71. The summed E-state index contributed by atoms with van der Waals surface area (Å²) >= 11 is 0. The largest absolute Gasteiger partial charge is 0.631 e. The molecular formula is C6H24BN3O12. The van der Waals surface area contributed by atoms with E-state index in [0.29, 0.717) is 0 Å². The Hall–Kier alpha value is -0.535. The maximum atomic E-state index is 7.83. The van der Waals surface area contributed by atoms with E-state index in [0.717, 1.165) is 0 Å². The molecule has 15 N–H and O–H groups in total. The smallest absolute Gasteiger partial charge is 0.402 e. The predicted molar refractivity (Wildman–Crippen MR) is 67.8 cm³/mol. The predicted octanol–water partition coefficient (Wildman–Crippen LogP) is -8.67. The van der Waals surface area contributed by atoms with Crippen LogP contribution in [-0.4, -0.2) is 108 Å². The number of hydrogen-bond donors (Lipinski definition) is 15. The highest BCUT2D eigenvalue weighted by Gasteiger charge is 2.12. The summed E-state index contributed by atoms with van der Waals surface area (Å²) in [6.07, 6.45) is -8.12. The van der Waals surface area contributed by atoms with Gasteiger partial charge in [-0.1, -0.05) is 0 Å². The number of aliphatic hydroxyl groups is 9. The molecule has 0 aromatic rings. The molecule has 0 heterocycles. The van der Waals surface area contributed by atoms with Crippen LogP contribution in [0.25, 0.3) is 0 Å². The molecule has 0 fully saturated rings. The van der Waals surface area contributed by atoms with Crippen LogP contribution in [0.5, 0.6) is 0 Å². The fraction of sp³-hybridized carbons (Fsp3) is 1.00. The van der Waals surface area contributed by atoms with Gasteiger partial charge in [0, 0.05) is 0 Å². The second-order valence-electron chi connectivity index (χ2n) is 3.00. The summed E-state index contributed by atoms with van der Waals surface area (Å²) < 4.78 is 0. The molecule has 0 bridgehead atoms. The third kappa shape index (κ3) is 92.6. The van der Waals surface area contributed by atoms with Gasteiger partial charge in [0.15, 0.2) is 0 Å². The molecule has 138 valence electrons. The molecule has 0 amide bonds. The van der Waals surface area contributed by atoms with Crippen molar-refractivity contribution in [3.8, 4) is 0 Å². The molecule has 0 saturated carbocycles. The zero-order valence-electron chi connectivity index (χ0n) is 11.9. The summed E-state index contributed by atoms with van der Waals surface area (Å²) in [7, 11) is 1.46. The second-order valence-corrected chi connectivity index (χ2v) is 3.00. The molecule has 16 heteroatoms. The van der Waals surface area contributed by atoms with Gasteiger partial charge in [-0.2, -0.15) is 0 Å². The molecule has 0 aliphatic heterocycles. The van der Waals surface area contributed by atoms with Crippen LogP contribution in [0.2, 0.25) is 0 Å². The van der Waals surface area contributed by atoms with Crippen molar-refractivity contribution in [2.75, 3.05) is 21.1 Å². The van der Waals surface area contributed by atoms with Crippen molar-refractivity contribution in [3.63, 3.8) is 0 Å². The van der Waals surface area contributed by atoms with Crippen molar-refractivity contribution in [3.05, 3.63) is 0 Å². The monoisotopic (exact) mass is 341 g/mol. The molecule has 0 aromatic carbocycles. The normalized spacial score (nSPS) is 11.0. The van der Waals surface area contributed by atoms with Crippen LogP contribution in [-0.2, 0) is 0 Å². The van der Waals surface area contributed by atoms with E-state index < -0.39 is 25.6 Å². The third-order valence-corrected chi connectivity index (χ3v) is 1.01. The third-order valence-electron chi connectivity index (χ3n) is 1.01. The van der Waals surface area contributed by atoms with E-state index in [9.17, 15) is 0 Å². The molecule has 0 radical (unpaired) electrons. The highest BCUT2D eigenvalue weighted by molar-refractivity contribution is 6.30. The fourth-order valence-electron chi connectivity index (χ4n) is 0. The number of nitrogens with one attached hydrogen (secondary N) is 3. The lowest BCUT2D eigenvalue weighted by Gasteiger charge is -2.09. The Kier molecular flexibility index (Phi) is 18.9. The summed E-state index contributed by atoms with van der Waals surface area (Å²) in [4.78, 5) is 0. The minimum Gasteiger partial charge on any atom is -0.402 e. The SMILES string of the molecule is CNC(O)(O)O.CNC(O)(O)O.CNC(O)(O)O.OB(O)O.